The molecule has 0 aliphatic carbocycles. The fraction of sp³-hybridized carbons (Fsp3) is 0.364. The summed E-state index contributed by atoms with van der Waals surface area (Å²) >= 11 is 3.24. The van der Waals surface area contributed by atoms with E-state index in [9.17, 15) is 4.39 Å². The topological polar surface area (TPSA) is 33.0 Å². The van der Waals surface area contributed by atoms with Gasteiger partial charge in [0.05, 0.1) is 0 Å². The van der Waals surface area contributed by atoms with E-state index in [2.05, 4.69) is 15.9 Å². The molecule has 80 valence electrons. The quantitative estimate of drug-likeness (QED) is 0.787. The maximum atomic E-state index is 13.1. The Bertz CT molecular complexity index is 375. The second-order valence-corrected chi connectivity index (χ2v) is 3.63. The van der Waals surface area contributed by atoms with Crippen LogP contribution in [0.15, 0.2) is 18.2 Å². The number of ether oxygens (including phenoxy) is 1. The minimum Gasteiger partial charge on any atom is -0.475 e. The number of alkyl halides is 1. The molecule has 0 aliphatic heterocycles. The Kier molecular flexibility index (Phi) is 4.57. The predicted molar refractivity (Wildman–Crippen MR) is 59.4 cm³/mol. The van der Waals surface area contributed by atoms with Gasteiger partial charge in [0.2, 0.25) is 0 Å². The van der Waals surface area contributed by atoms with E-state index in [1.165, 1.54) is 12.1 Å². The number of hydrogen-bond acceptors (Lipinski definition) is 2. The lowest BCUT2D eigenvalue weighted by Gasteiger charge is -2.11. The Hall–Kier alpha value is -1.08. The van der Waals surface area contributed by atoms with Gasteiger partial charge in [-0.2, -0.15) is 5.26 Å². The Morgan fingerprint density at radius 1 is 1.53 bits per heavy atom. The smallest absolute Gasteiger partial charge is 0.184 e. The summed E-state index contributed by atoms with van der Waals surface area (Å²) in [7, 11) is 0. The Balaban J connectivity index is 2.85. The molecule has 0 spiro atoms. The summed E-state index contributed by atoms with van der Waals surface area (Å²) in [5, 5.41) is 9.27. The number of hydrogen-bond donors (Lipinski definition) is 0. The molecule has 0 radical (unpaired) electrons. The molecule has 1 atom stereocenters. The monoisotopic (exact) mass is 271 g/mol. The zero-order valence-electron chi connectivity index (χ0n) is 8.34. The normalized spacial score (nSPS) is 11.9. The molecule has 0 amide bonds. The van der Waals surface area contributed by atoms with Gasteiger partial charge in [-0.1, -0.05) is 22.9 Å². The highest BCUT2D eigenvalue weighted by molar-refractivity contribution is 9.08. The lowest BCUT2D eigenvalue weighted by atomic mass is 10.2. The van der Waals surface area contributed by atoms with Crippen LogP contribution in [0.25, 0.3) is 0 Å². The Morgan fingerprint density at radius 3 is 2.80 bits per heavy atom. The van der Waals surface area contributed by atoms with Crippen molar-refractivity contribution in [3.63, 3.8) is 0 Å². The minimum absolute atomic E-state index is 0.352. The highest BCUT2D eigenvalue weighted by atomic mass is 79.9. The maximum Gasteiger partial charge on any atom is 0.184 e. The fourth-order valence-corrected chi connectivity index (χ4v) is 1.45. The van der Waals surface area contributed by atoms with Crippen LogP contribution in [0.5, 0.6) is 5.75 Å². The summed E-state index contributed by atoms with van der Waals surface area (Å²) in [5.74, 6) is 0.0487. The van der Waals surface area contributed by atoms with Gasteiger partial charge in [-0.3, -0.25) is 0 Å². The maximum absolute atomic E-state index is 13.1. The second kappa shape index (κ2) is 5.72. The molecular weight excluding hydrogens is 261 g/mol. The first-order chi connectivity index (χ1) is 7.19. The zero-order chi connectivity index (χ0) is 11.3. The third-order valence-electron chi connectivity index (χ3n) is 1.88. The van der Waals surface area contributed by atoms with Crippen molar-refractivity contribution in [1.82, 2.24) is 0 Å². The summed E-state index contributed by atoms with van der Waals surface area (Å²) in [6.07, 6.45) is 0.0615. The zero-order valence-corrected chi connectivity index (χ0v) is 9.92. The third-order valence-corrected chi connectivity index (χ3v) is 2.53. The standard InChI is InChI=1S/C11H11BrFNO/c1-2-10(7-14)15-11-4-8(6-12)3-9(13)5-11/h3-5,10H,2,6H2,1H3. The number of nitriles is 1. The lowest BCUT2D eigenvalue weighted by molar-refractivity contribution is 0.250. The van der Waals surface area contributed by atoms with Crippen molar-refractivity contribution in [3.8, 4) is 11.8 Å². The third kappa shape index (κ3) is 3.52. The van der Waals surface area contributed by atoms with Crippen molar-refractivity contribution in [2.75, 3.05) is 0 Å². The van der Waals surface area contributed by atoms with Gasteiger partial charge in [0.15, 0.2) is 6.10 Å². The van der Waals surface area contributed by atoms with Gasteiger partial charge < -0.3 is 4.74 Å². The fourth-order valence-electron chi connectivity index (χ4n) is 1.13. The molecule has 0 aliphatic rings. The Morgan fingerprint density at radius 2 is 2.27 bits per heavy atom. The molecular formula is C11H11BrFNO. The van der Waals surface area contributed by atoms with Crippen molar-refractivity contribution in [2.45, 2.75) is 24.8 Å². The van der Waals surface area contributed by atoms with E-state index in [0.717, 1.165) is 5.56 Å². The molecule has 2 nitrogen and oxygen atoms in total. The van der Waals surface area contributed by atoms with Crippen LogP contribution in [0, 0.1) is 17.1 Å². The van der Waals surface area contributed by atoms with Crippen LogP contribution in [0.2, 0.25) is 0 Å². The van der Waals surface area contributed by atoms with E-state index in [1.54, 1.807) is 6.07 Å². The van der Waals surface area contributed by atoms with E-state index in [0.29, 0.717) is 17.5 Å². The van der Waals surface area contributed by atoms with Gasteiger partial charge in [-0.15, -0.1) is 0 Å². The Labute approximate surface area is 96.8 Å². The van der Waals surface area contributed by atoms with E-state index in [1.807, 2.05) is 13.0 Å². The first-order valence-electron chi connectivity index (χ1n) is 4.61. The predicted octanol–water partition coefficient (Wildman–Crippen LogP) is 3.40. The van der Waals surface area contributed by atoms with E-state index in [4.69, 9.17) is 10.00 Å². The van der Waals surface area contributed by atoms with Crippen LogP contribution in [0.1, 0.15) is 18.9 Å². The van der Waals surface area contributed by atoms with E-state index in [-0.39, 0.29) is 5.82 Å². The molecule has 1 aromatic carbocycles. The van der Waals surface area contributed by atoms with Crippen LogP contribution in [-0.2, 0) is 5.33 Å². The van der Waals surface area contributed by atoms with Crippen LogP contribution >= 0.6 is 15.9 Å². The minimum atomic E-state index is -0.519. The molecule has 4 heteroatoms. The molecule has 1 rings (SSSR count). The highest BCUT2D eigenvalue weighted by Crippen LogP contribution is 2.19. The van der Waals surface area contributed by atoms with Gasteiger partial charge in [-0.05, 0) is 24.1 Å². The van der Waals surface area contributed by atoms with Gasteiger partial charge in [0.1, 0.15) is 17.6 Å². The summed E-state index contributed by atoms with van der Waals surface area (Å²) in [5.41, 5.74) is 0.790. The first-order valence-corrected chi connectivity index (χ1v) is 5.73. The van der Waals surface area contributed by atoms with E-state index < -0.39 is 6.10 Å². The van der Waals surface area contributed by atoms with Gasteiger partial charge in [0.25, 0.3) is 0 Å². The number of benzene rings is 1. The average molecular weight is 272 g/mol. The van der Waals surface area contributed by atoms with Gasteiger partial charge >= 0.3 is 0 Å². The molecule has 1 aromatic rings. The van der Waals surface area contributed by atoms with Crippen LogP contribution in [0.3, 0.4) is 0 Å². The SMILES string of the molecule is CCC(C#N)Oc1cc(F)cc(CBr)c1. The van der Waals surface area contributed by atoms with Crippen LogP contribution in [0.4, 0.5) is 4.39 Å². The molecule has 1 unspecified atom stereocenters. The summed E-state index contributed by atoms with van der Waals surface area (Å²) < 4.78 is 18.4. The first kappa shape index (κ1) is 12.0. The van der Waals surface area contributed by atoms with Crippen LogP contribution < -0.4 is 4.74 Å². The molecule has 0 bridgehead atoms. The molecule has 0 saturated carbocycles. The summed E-state index contributed by atoms with van der Waals surface area (Å²) in [4.78, 5) is 0. The summed E-state index contributed by atoms with van der Waals surface area (Å²) in [6, 6.07) is 6.43. The average Bonchev–Trinajstić information content (AvgIpc) is 2.25. The molecule has 15 heavy (non-hydrogen) atoms. The molecule has 0 saturated heterocycles. The van der Waals surface area contributed by atoms with Crippen molar-refractivity contribution in [3.05, 3.63) is 29.6 Å². The van der Waals surface area contributed by atoms with Crippen LogP contribution in [-0.4, -0.2) is 6.10 Å². The largest absolute Gasteiger partial charge is 0.475 e. The highest BCUT2D eigenvalue weighted by Gasteiger charge is 2.07. The lowest BCUT2D eigenvalue weighted by Crippen LogP contribution is -2.12. The van der Waals surface area contributed by atoms with Crippen molar-refractivity contribution in [1.29, 1.82) is 5.26 Å². The molecule has 0 aromatic heterocycles. The molecule has 0 N–H and O–H groups in total. The van der Waals surface area contributed by atoms with Gasteiger partial charge in [0, 0.05) is 11.4 Å². The van der Waals surface area contributed by atoms with Gasteiger partial charge in [-0.25, -0.2) is 4.39 Å². The summed E-state index contributed by atoms with van der Waals surface area (Å²) in [6.45, 7) is 1.85. The second-order valence-electron chi connectivity index (χ2n) is 3.07. The van der Waals surface area contributed by atoms with Crippen molar-refractivity contribution < 1.29 is 9.13 Å². The van der Waals surface area contributed by atoms with Crippen molar-refractivity contribution >= 4 is 15.9 Å². The number of rotatable bonds is 4. The molecule has 0 fully saturated rings. The molecule has 0 heterocycles. The number of nitrogens with zero attached hydrogens (tertiary/aromatic N) is 1. The van der Waals surface area contributed by atoms with E-state index >= 15 is 0 Å². The number of halogens is 2. The van der Waals surface area contributed by atoms with Crippen molar-refractivity contribution in [2.24, 2.45) is 0 Å².